The number of phenols is 1. The van der Waals surface area contributed by atoms with Gasteiger partial charge in [0.1, 0.15) is 17.3 Å². The van der Waals surface area contributed by atoms with Gasteiger partial charge in [-0.15, -0.1) is 0 Å². The Morgan fingerprint density at radius 1 is 1.06 bits per heavy atom. The van der Waals surface area contributed by atoms with Crippen molar-refractivity contribution in [3.63, 3.8) is 0 Å². The first-order valence-electron chi connectivity index (χ1n) is 10.6. The van der Waals surface area contributed by atoms with Crippen LogP contribution < -0.4 is 0 Å². The first-order valence-corrected chi connectivity index (χ1v) is 10.6. The van der Waals surface area contributed by atoms with Gasteiger partial charge in [0, 0.05) is 31.7 Å². The first-order chi connectivity index (χ1) is 15.5. The summed E-state index contributed by atoms with van der Waals surface area (Å²) < 4.78 is 18.7. The molecule has 2 fully saturated rings. The van der Waals surface area contributed by atoms with E-state index in [-0.39, 0.29) is 22.6 Å². The van der Waals surface area contributed by atoms with Crippen molar-refractivity contribution >= 4 is 17.4 Å². The SMILES string of the molecule is O=C1C(=O)N(CCCN2CCOCC2)C(c2cccc(O)c2)C1=C(O)c1ccc(F)cc1. The fraction of sp³-hybridized carbons (Fsp3) is 0.333. The van der Waals surface area contributed by atoms with Crippen molar-refractivity contribution in [2.24, 2.45) is 0 Å². The molecule has 0 aromatic heterocycles. The summed E-state index contributed by atoms with van der Waals surface area (Å²) in [6.45, 7) is 4.04. The predicted molar refractivity (Wildman–Crippen MR) is 115 cm³/mol. The highest BCUT2D eigenvalue weighted by molar-refractivity contribution is 6.46. The van der Waals surface area contributed by atoms with Crippen molar-refractivity contribution in [2.75, 3.05) is 39.4 Å². The number of hydrogen-bond donors (Lipinski definition) is 2. The minimum absolute atomic E-state index is 0.0109. The smallest absolute Gasteiger partial charge is 0.295 e. The topological polar surface area (TPSA) is 90.3 Å². The zero-order valence-electron chi connectivity index (χ0n) is 17.5. The maximum absolute atomic E-state index is 13.3. The number of aliphatic hydroxyl groups excluding tert-OH is 1. The van der Waals surface area contributed by atoms with Crippen molar-refractivity contribution in [1.82, 2.24) is 9.80 Å². The second kappa shape index (κ2) is 9.50. The number of benzene rings is 2. The summed E-state index contributed by atoms with van der Waals surface area (Å²) in [6, 6.07) is 10.5. The van der Waals surface area contributed by atoms with Crippen molar-refractivity contribution in [3.8, 4) is 5.75 Å². The van der Waals surface area contributed by atoms with Crippen LogP contribution in [-0.2, 0) is 14.3 Å². The van der Waals surface area contributed by atoms with E-state index in [9.17, 15) is 24.2 Å². The summed E-state index contributed by atoms with van der Waals surface area (Å²) in [6.07, 6.45) is 0.638. The van der Waals surface area contributed by atoms with Crippen LogP contribution in [0.4, 0.5) is 4.39 Å². The van der Waals surface area contributed by atoms with Crippen LogP contribution in [0.1, 0.15) is 23.6 Å². The summed E-state index contributed by atoms with van der Waals surface area (Å²) in [5.41, 5.74) is 0.681. The molecule has 0 aliphatic carbocycles. The Kier molecular flexibility index (Phi) is 6.53. The average molecular weight is 440 g/mol. The monoisotopic (exact) mass is 440 g/mol. The van der Waals surface area contributed by atoms with Crippen molar-refractivity contribution in [1.29, 1.82) is 0 Å². The molecule has 0 bridgehead atoms. The highest BCUT2D eigenvalue weighted by atomic mass is 19.1. The molecule has 7 nitrogen and oxygen atoms in total. The Labute approximate surface area is 185 Å². The lowest BCUT2D eigenvalue weighted by Gasteiger charge is -2.29. The number of amides is 1. The molecule has 1 atom stereocenters. The average Bonchev–Trinajstić information content (AvgIpc) is 3.05. The van der Waals surface area contributed by atoms with Gasteiger partial charge in [0.15, 0.2) is 0 Å². The third kappa shape index (κ3) is 4.51. The van der Waals surface area contributed by atoms with Gasteiger partial charge in [-0.1, -0.05) is 12.1 Å². The molecule has 2 aliphatic rings. The summed E-state index contributed by atoms with van der Waals surface area (Å²) in [5, 5.41) is 20.9. The largest absolute Gasteiger partial charge is 0.508 e. The lowest BCUT2D eigenvalue weighted by atomic mass is 9.95. The number of carbonyl (C=O) groups excluding carboxylic acids is 2. The minimum Gasteiger partial charge on any atom is -0.508 e. The van der Waals surface area contributed by atoms with Crippen molar-refractivity contribution in [3.05, 3.63) is 71.0 Å². The molecule has 32 heavy (non-hydrogen) atoms. The number of likely N-dealkylation sites (tertiary alicyclic amines) is 1. The summed E-state index contributed by atoms with van der Waals surface area (Å²) >= 11 is 0. The molecule has 0 radical (unpaired) electrons. The summed E-state index contributed by atoms with van der Waals surface area (Å²) in [5.74, 6) is -2.36. The van der Waals surface area contributed by atoms with Gasteiger partial charge in [-0.3, -0.25) is 14.5 Å². The molecular formula is C24H25FN2O5. The lowest BCUT2D eigenvalue weighted by molar-refractivity contribution is -0.140. The number of aromatic hydroxyl groups is 1. The molecule has 8 heteroatoms. The molecule has 0 saturated carbocycles. The number of rotatable bonds is 6. The quantitative estimate of drug-likeness (QED) is 0.408. The van der Waals surface area contributed by atoms with Crippen LogP contribution in [-0.4, -0.2) is 71.1 Å². The van der Waals surface area contributed by atoms with E-state index in [1.54, 1.807) is 12.1 Å². The van der Waals surface area contributed by atoms with Gasteiger partial charge in [-0.05, 0) is 48.4 Å². The van der Waals surface area contributed by atoms with E-state index in [1.165, 1.54) is 41.3 Å². The number of aliphatic hydroxyl groups is 1. The lowest BCUT2D eigenvalue weighted by Crippen LogP contribution is -2.38. The maximum Gasteiger partial charge on any atom is 0.295 e. The van der Waals surface area contributed by atoms with E-state index >= 15 is 0 Å². The number of halogens is 1. The summed E-state index contributed by atoms with van der Waals surface area (Å²) in [4.78, 5) is 29.6. The number of carbonyl (C=O) groups is 2. The third-order valence-corrected chi connectivity index (χ3v) is 5.82. The van der Waals surface area contributed by atoms with Gasteiger partial charge in [0.2, 0.25) is 0 Å². The van der Waals surface area contributed by atoms with Gasteiger partial charge in [-0.2, -0.15) is 0 Å². The number of ether oxygens (including phenoxy) is 1. The van der Waals surface area contributed by atoms with Gasteiger partial charge in [0.05, 0.1) is 24.8 Å². The molecular weight excluding hydrogens is 415 g/mol. The zero-order chi connectivity index (χ0) is 22.7. The molecule has 2 heterocycles. The Balaban J connectivity index is 1.67. The van der Waals surface area contributed by atoms with Gasteiger partial charge in [-0.25, -0.2) is 4.39 Å². The van der Waals surface area contributed by atoms with Crippen molar-refractivity contribution in [2.45, 2.75) is 12.5 Å². The highest BCUT2D eigenvalue weighted by Gasteiger charge is 2.45. The molecule has 2 aliphatic heterocycles. The third-order valence-electron chi connectivity index (χ3n) is 5.82. The van der Waals surface area contributed by atoms with E-state index in [4.69, 9.17) is 4.74 Å². The van der Waals surface area contributed by atoms with Gasteiger partial charge < -0.3 is 19.8 Å². The van der Waals surface area contributed by atoms with E-state index in [0.29, 0.717) is 31.7 Å². The van der Waals surface area contributed by atoms with Crippen LogP contribution >= 0.6 is 0 Å². The van der Waals surface area contributed by atoms with E-state index in [0.717, 1.165) is 19.6 Å². The zero-order valence-corrected chi connectivity index (χ0v) is 17.5. The minimum atomic E-state index is -0.850. The molecule has 2 N–H and O–H groups in total. The molecule has 2 aromatic rings. The second-order valence-electron chi connectivity index (χ2n) is 7.90. The van der Waals surface area contributed by atoms with Crippen LogP contribution in [0.5, 0.6) is 5.75 Å². The van der Waals surface area contributed by atoms with Crippen LogP contribution in [0.2, 0.25) is 0 Å². The molecule has 4 rings (SSSR count). The highest BCUT2D eigenvalue weighted by Crippen LogP contribution is 2.40. The Morgan fingerprint density at radius 2 is 1.78 bits per heavy atom. The first kappa shape index (κ1) is 22.0. The molecule has 1 amide bonds. The molecule has 168 valence electrons. The van der Waals surface area contributed by atoms with Crippen LogP contribution in [0, 0.1) is 5.82 Å². The van der Waals surface area contributed by atoms with E-state index in [1.807, 2.05) is 0 Å². The maximum atomic E-state index is 13.3. The standard InChI is InChI=1S/C24H25FN2O5/c25-18-7-5-16(6-8-18)22(29)20-21(17-3-1-4-19(28)15-17)27(24(31)23(20)30)10-2-9-26-11-13-32-14-12-26/h1,3-8,15,21,28-29H,2,9-14H2. The Morgan fingerprint density at radius 3 is 2.47 bits per heavy atom. The number of nitrogens with zero attached hydrogens (tertiary/aromatic N) is 2. The molecule has 0 spiro atoms. The fourth-order valence-electron chi connectivity index (χ4n) is 4.20. The van der Waals surface area contributed by atoms with Gasteiger partial charge >= 0.3 is 0 Å². The van der Waals surface area contributed by atoms with Crippen molar-refractivity contribution < 1.29 is 28.9 Å². The van der Waals surface area contributed by atoms with E-state index in [2.05, 4.69) is 4.90 Å². The van der Waals surface area contributed by atoms with Crippen LogP contribution in [0.15, 0.2) is 54.1 Å². The Hall–Kier alpha value is -3.23. The number of morpholine rings is 1. The molecule has 2 saturated heterocycles. The van der Waals surface area contributed by atoms with Gasteiger partial charge in [0.25, 0.3) is 11.7 Å². The molecule has 1 unspecified atom stereocenters. The number of hydrogen-bond acceptors (Lipinski definition) is 6. The normalized spacial score (nSPS) is 21.3. The van der Waals surface area contributed by atoms with Crippen LogP contribution in [0.25, 0.3) is 5.76 Å². The second-order valence-corrected chi connectivity index (χ2v) is 7.90. The van der Waals surface area contributed by atoms with E-state index < -0.39 is 23.5 Å². The Bertz CT molecular complexity index is 1030. The van der Waals surface area contributed by atoms with Crippen LogP contribution in [0.3, 0.4) is 0 Å². The fourth-order valence-corrected chi connectivity index (χ4v) is 4.20. The predicted octanol–water partition coefficient (Wildman–Crippen LogP) is 2.68. The number of ketones is 1. The molecule has 2 aromatic carbocycles. The number of phenolic OH excluding ortho intramolecular Hbond substituents is 1. The summed E-state index contributed by atoms with van der Waals surface area (Å²) in [7, 11) is 0. The number of Topliss-reactive ketones (excluding diaryl/α,β-unsaturated/α-hetero) is 1.